The largest absolute Gasteiger partial charge is 0.388 e. The lowest BCUT2D eigenvalue weighted by molar-refractivity contribution is 0.0417. The molecule has 0 unspecified atom stereocenters. The third-order valence-electron chi connectivity index (χ3n) is 5.44. The third-order valence-corrected chi connectivity index (χ3v) is 5.97. The smallest absolute Gasteiger partial charge is 0.191 e. The van der Waals surface area contributed by atoms with E-state index in [4.69, 9.17) is 0 Å². The van der Waals surface area contributed by atoms with Crippen LogP contribution in [0.5, 0.6) is 0 Å². The molecule has 0 saturated carbocycles. The fourth-order valence-electron chi connectivity index (χ4n) is 3.30. The minimum Gasteiger partial charge on any atom is -0.388 e. The van der Waals surface area contributed by atoms with Gasteiger partial charge in [0.05, 0.1) is 12.1 Å². The molecule has 1 aromatic carbocycles. The van der Waals surface area contributed by atoms with Gasteiger partial charge in [-0.1, -0.05) is 41.9 Å². The molecule has 0 atom stereocenters. The van der Waals surface area contributed by atoms with Crippen molar-refractivity contribution in [3.63, 3.8) is 0 Å². The molecular formula is C21H36BrIN4O. The maximum absolute atomic E-state index is 10.5. The lowest BCUT2D eigenvalue weighted by Gasteiger charge is -2.33. The zero-order chi connectivity index (χ0) is 19.7. The van der Waals surface area contributed by atoms with E-state index in [0.717, 1.165) is 62.3 Å². The summed E-state index contributed by atoms with van der Waals surface area (Å²) in [5, 5.41) is 17.4. The molecule has 0 radical (unpaired) electrons. The Kier molecular flexibility index (Phi) is 11.9. The minimum absolute atomic E-state index is 0. The molecule has 7 heteroatoms. The van der Waals surface area contributed by atoms with Crippen LogP contribution in [0.25, 0.3) is 0 Å². The molecular weight excluding hydrogens is 531 g/mol. The van der Waals surface area contributed by atoms with Crippen molar-refractivity contribution in [2.24, 2.45) is 4.99 Å². The minimum atomic E-state index is -0.698. The van der Waals surface area contributed by atoms with Crippen molar-refractivity contribution < 1.29 is 5.11 Å². The predicted molar refractivity (Wildman–Crippen MR) is 133 cm³/mol. The van der Waals surface area contributed by atoms with Gasteiger partial charge in [0.1, 0.15) is 0 Å². The van der Waals surface area contributed by atoms with E-state index in [1.54, 1.807) is 0 Å². The van der Waals surface area contributed by atoms with Crippen LogP contribution in [0.15, 0.2) is 33.7 Å². The summed E-state index contributed by atoms with van der Waals surface area (Å²) in [5.74, 6) is 0.823. The Morgan fingerprint density at radius 2 is 1.79 bits per heavy atom. The summed E-state index contributed by atoms with van der Waals surface area (Å²) in [6.45, 7) is 10.5. The summed E-state index contributed by atoms with van der Waals surface area (Å²) in [5.41, 5.74) is 0.661. The number of rotatable bonds is 8. The Morgan fingerprint density at radius 1 is 1.18 bits per heavy atom. The standard InChI is InChI=1S/C21H35BrN4O.HI/c1-4-21(27,5-2)16-24-20(23-6-3)25-19-11-13-26(14-12-19)15-17-7-9-18(22)10-8-17;/h7-10,19,27H,4-6,11-16H2,1-3H3,(H2,23,24,25);1H. The van der Waals surface area contributed by atoms with Crippen LogP contribution in [0.3, 0.4) is 0 Å². The fraction of sp³-hybridized carbons (Fsp3) is 0.667. The molecule has 1 aliphatic heterocycles. The van der Waals surface area contributed by atoms with E-state index >= 15 is 0 Å². The SMILES string of the molecule is CCNC(=NCC(O)(CC)CC)NC1CCN(Cc2ccc(Br)cc2)CC1.I. The molecule has 0 aromatic heterocycles. The predicted octanol–water partition coefficient (Wildman–Crippen LogP) is 4.14. The lowest BCUT2D eigenvalue weighted by atomic mass is 9.98. The molecule has 1 fully saturated rings. The lowest BCUT2D eigenvalue weighted by Crippen LogP contribution is -2.49. The Labute approximate surface area is 195 Å². The summed E-state index contributed by atoms with van der Waals surface area (Å²) >= 11 is 3.49. The Bertz CT molecular complexity index is 585. The summed E-state index contributed by atoms with van der Waals surface area (Å²) in [4.78, 5) is 7.16. The van der Waals surface area contributed by atoms with Crippen LogP contribution in [0.4, 0.5) is 0 Å². The molecule has 0 amide bonds. The quantitative estimate of drug-likeness (QED) is 0.251. The second kappa shape index (κ2) is 13.0. The highest BCUT2D eigenvalue weighted by Gasteiger charge is 2.23. The summed E-state index contributed by atoms with van der Waals surface area (Å²) in [6, 6.07) is 9.02. The van der Waals surface area contributed by atoms with E-state index in [0.29, 0.717) is 12.6 Å². The molecule has 0 bridgehead atoms. The maximum atomic E-state index is 10.5. The number of benzene rings is 1. The topological polar surface area (TPSA) is 59.9 Å². The number of aliphatic imine (C=N–C) groups is 1. The van der Waals surface area contributed by atoms with Gasteiger partial charge in [-0.2, -0.15) is 0 Å². The first kappa shape index (κ1) is 25.7. The molecule has 0 spiro atoms. The molecule has 5 nitrogen and oxygen atoms in total. The Morgan fingerprint density at radius 3 is 2.32 bits per heavy atom. The van der Waals surface area contributed by atoms with E-state index in [1.807, 2.05) is 13.8 Å². The number of nitrogens with one attached hydrogen (secondary N) is 2. The molecule has 1 heterocycles. The van der Waals surface area contributed by atoms with Crippen LogP contribution >= 0.6 is 39.9 Å². The highest BCUT2D eigenvalue weighted by atomic mass is 127. The number of likely N-dealkylation sites (tertiary alicyclic amines) is 1. The van der Waals surface area contributed by atoms with Crippen LogP contribution in [0.2, 0.25) is 0 Å². The van der Waals surface area contributed by atoms with Crippen LogP contribution in [0.1, 0.15) is 52.0 Å². The van der Waals surface area contributed by atoms with Crippen molar-refractivity contribution in [1.29, 1.82) is 0 Å². The summed E-state index contributed by atoms with van der Waals surface area (Å²) < 4.78 is 1.13. The molecule has 1 aliphatic rings. The van der Waals surface area contributed by atoms with Gasteiger partial charge in [-0.3, -0.25) is 9.89 Å². The number of aliphatic hydroxyl groups is 1. The average molecular weight is 567 g/mol. The molecule has 28 heavy (non-hydrogen) atoms. The summed E-state index contributed by atoms with van der Waals surface area (Å²) in [6.07, 6.45) is 3.65. The van der Waals surface area contributed by atoms with Crippen LogP contribution < -0.4 is 10.6 Å². The van der Waals surface area contributed by atoms with Crippen molar-refractivity contribution in [2.75, 3.05) is 26.2 Å². The van der Waals surface area contributed by atoms with E-state index < -0.39 is 5.60 Å². The summed E-state index contributed by atoms with van der Waals surface area (Å²) in [7, 11) is 0. The van der Waals surface area contributed by atoms with Gasteiger partial charge in [-0.25, -0.2) is 0 Å². The van der Waals surface area contributed by atoms with Gasteiger partial charge in [0.2, 0.25) is 0 Å². The van der Waals surface area contributed by atoms with E-state index in [-0.39, 0.29) is 24.0 Å². The van der Waals surface area contributed by atoms with Gasteiger partial charge < -0.3 is 15.7 Å². The molecule has 160 valence electrons. The highest BCUT2D eigenvalue weighted by molar-refractivity contribution is 14.0. The van der Waals surface area contributed by atoms with Crippen molar-refractivity contribution in [1.82, 2.24) is 15.5 Å². The molecule has 0 aliphatic carbocycles. The normalized spacial score (nSPS) is 16.5. The second-order valence-corrected chi connectivity index (χ2v) is 8.36. The fourth-order valence-corrected chi connectivity index (χ4v) is 3.56. The number of nitrogens with zero attached hydrogens (tertiary/aromatic N) is 2. The first-order chi connectivity index (χ1) is 13.0. The van der Waals surface area contributed by atoms with E-state index in [9.17, 15) is 5.11 Å². The van der Waals surface area contributed by atoms with Crippen molar-refractivity contribution in [3.8, 4) is 0 Å². The molecule has 1 saturated heterocycles. The zero-order valence-electron chi connectivity index (χ0n) is 17.4. The number of hydrogen-bond acceptors (Lipinski definition) is 3. The second-order valence-electron chi connectivity index (χ2n) is 7.45. The molecule has 3 N–H and O–H groups in total. The van der Waals surface area contributed by atoms with Gasteiger partial charge in [-0.05, 0) is 50.3 Å². The monoisotopic (exact) mass is 566 g/mol. The van der Waals surface area contributed by atoms with Gasteiger partial charge in [0, 0.05) is 36.7 Å². The van der Waals surface area contributed by atoms with Gasteiger partial charge in [0.15, 0.2) is 5.96 Å². The highest BCUT2D eigenvalue weighted by Crippen LogP contribution is 2.17. The molecule has 1 aromatic rings. The average Bonchev–Trinajstić information content (AvgIpc) is 2.69. The van der Waals surface area contributed by atoms with E-state index in [2.05, 4.69) is 67.6 Å². The van der Waals surface area contributed by atoms with Gasteiger partial charge in [0.25, 0.3) is 0 Å². The first-order valence-electron chi connectivity index (χ1n) is 10.2. The van der Waals surface area contributed by atoms with Crippen molar-refractivity contribution >= 4 is 45.9 Å². The number of halogens is 2. The van der Waals surface area contributed by atoms with Gasteiger partial charge >= 0.3 is 0 Å². The molecule has 2 rings (SSSR count). The van der Waals surface area contributed by atoms with Gasteiger partial charge in [-0.15, -0.1) is 24.0 Å². The Balaban J connectivity index is 0.00000392. The van der Waals surface area contributed by atoms with Crippen molar-refractivity contribution in [3.05, 3.63) is 34.3 Å². The zero-order valence-corrected chi connectivity index (χ0v) is 21.3. The number of hydrogen-bond donors (Lipinski definition) is 3. The number of piperidine rings is 1. The van der Waals surface area contributed by atoms with Crippen LogP contribution in [0, 0.1) is 0 Å². The van der Waals surface area contributed by atoms with Crippen LogP contribution in [-0.4, -0.2) is 53.8 Å². The Hall–Kier alpha value is -0.380. The maximum Gasteiger partial charge on any atom is 0.191 e. The van der Waals surface area contributed by atoms with E-state index in [1.165, 1.54) is 5.56 Å². The van der Waals surface area contributed by atoms with Crippen molar-refractivity contribution in [2.45, 2.75) is 64.6 Å². The third kappa shape index (κ3) is 8.55. The van der Waals surface area contributed by atoms with Crippen LogP contribution in [-0.2, 0) is 6.54 Å². The first-order valence-corrected chi connectivity index (χ1v) is 11.0. The number of guanidine groups is 1.